The Morgan fingerprint density at radius 2 is 1.75 bits per heavy atom. The number of methoxy groups -OCH3 is 1. The van der Waals surface area contributed by atoms with Gasteiger partial charge in [0, 0.05) is 18.2 Å². The minimum absolute atomic E-state index is 0.0470. The summed E-state index contributed by atoms with van der Waals surface area (Å²) in [6, 6.07) is 11.1. The number of urea groups is 1. The number of nitrogens with one attached hydrogen (secondary N) is 3. The minimum Gasteiger partial charge on any atom is -0.494 e. The number of benzene rings is 2. The number of rotatable bonds is 7. The van der Waals surface area contributed by atoms with Crippen LogP contribution in [0.4, 0.5) is 14.9 Å². The fraction of sp³-hybridized carbons (Fsp3) is 0.333. The fourth-order valence-corrected chi connectivity index (χ4v) is 2.46. The normalized spacial score (nSPS) is 11.6. The third-order valence-corrected chi connectivity index (χ3v) is 4.22. The van der Waals surface area contributed by atoms with E-state index in [1.165, 1.54) is 19.2 Å². The first-order valence-corrected chi connectivity index (χ1v) is 9.07. The molecule has 150 valence electrons. The van der Waals surface area contributed by atoms with Gasteiger partial charge < -0.3 is 20.7 Å². The molecular formula is C21H26FN3O3. The van der Waals surface area contributed by atoms with Crippen LogP contribution in [0, 0.1) is 11.7 Å². The molecule has 28 heavy (non-hydrogen) atoms. The molecule has 2 aromatic rings. The second-order valence-corrected chi connectivity index (χ2v) is 6.78. The van der Waals surface area contributed by atoms with Gasteiger partial charge in [-0.15, -0.1) is 0 Å². The predicted molar refractivity (Wildman–Crippen MR) is 107 cm³/mol. The van der Waals surface area contributed by atoms with Crippen LogP contribution < -0.4 is 20.7 Å². The number of ether oxygens (including phenoxy) is 1. The van der Waals surface area contributed by atoms with Crippen molar-refractivity contribution in [3.05, 3.63) is 59.4 Å². The van der Waals surface area contributed by atoms with E-state index in [2.05, 4.69) is 16.0 Å². The molecule has 2 aromatic carbocycles. The zero-order valence-electron chi connectivity index (χ0n) is 16.5. The molecule has 1 atom stereocenters. The van der Waals surface area contributed by atoms with E-state index in [9.17, 15) is 14.0 Å². The molecule has 0 aliphatic carbocycles. The fourth-order valence-electron chi connectivity index (χ4n) is 2.46. The van der Waals surface area contributed by atoms with Crippen LogP contribution in [0.3, 0.4) is 0 Å². The largest absolute Gasteiger partial charge is 0.494 e. The first-order chi connectivity index (χ1) is 13.3. The summed E-state index contributed by atoms with van der Waals surface area (Å²) in [5.41, 5.74) is 2.24. The molecule has 0 bridgehead atoms. The van der Waals surface area contributed by atoms with Crippen LogP contribution in [-0.4, -0.2) is 19.0 Å². The molecule has 0 saturated carbocycles. The Balaban J connectivity index is 1.85. The van der Waals surface area contributed by atoms with Crippen molar-refractivity contribution in [1.29, 1.82) is 0 Å². The first-order valence-electron chi connectivity index (χ1n) is 9.07. The topological polar surface area (TPSA) is 79.5 Å². The second-order valence-electron chi connectivity index (χ2n) is 6.78. The molecule has 7 heteroatoms. The van der Waals surface area contributed by atoms with Crippen LogP contribution in [0.5, 0.6) is 5.75 Å². The number of amides is 3. The third kappa shape index (κ3) is 5.97. The van der Waals surface area contributed by atoms with E-state index in [0.717, 1.165) is 5.56 Å². The standard InChI is InChI=1S/C21H26FN3O3/c1-13(2)20(26)25-17-8-5-15(6-9-17)12-23-21(27)24-14(3)16-7-10-19(28-4)18(22)11-16/h5-11,13-14H,12H2,1-4H3,(H,25,26)(H2,23,24,27)/t14-/m1/s1. The monoisotopic (exact) mass is 387 g/mol. The van der Waals surface area contributed by atoms with Crippen LogP contribution in [0.15, 0.2) is 42.5 Å². The molecular weight excluding hydrogens is 361 g/mol. The Labute approximate surface area is 164 Å². The van der Waals surface area contributed by atoms with Gasteiger partial charge in [0.05, 0.1) is 13.2 Å². The van der Waals surface area contributed by atoms with Gasteiger partial charge in [-0.2, -0.15) is 0 Å². The van der Waals surface area contributed by atoms with Crippen molar-refractivity contribution in [3.63, 3.8) is 0 Å². The maximum Gasteiger partial charge on any atom is 0.315 e. The highest BCUT2D eigenvalue weighted by molar-refractivity contribution is 5.92. The van der Waals surface area contributed by atoms with Crippen molar-refractivity contribution in [1.82, 2.24) is 10.6 Å². The van der Waals surface area contributed by atoms with Crippen molar-refractivity contribution < 1.29 is 18.7 Å². The van der Waals surface area contributed by atoms with Crippen molar-refractivity contribution in [3.8, 4) is 5.75 Å². The molecule has 0 aliphatic heterocycles. The number of anilines is 1. The second kappa shape index (κ2) is 9.73. The summed E-state index contributed by atoms with van der Waals surface area (Å²) in [4.78, 5) is 23.8. The van der Waals surface area contributed by atoms with Gasteiger partial charge in [-0.25, -0.2) is 9.18 Å². The number of carbonyl (C=O) groups is 2. The zero-order chi connectivity index (χ0) is 20.7. The molecule has 0 saturated heterocycles. The summed E-state index contributed by atoms with van der Waals surface area (Å²) in [7, 11) is 1.40. The number of halogens is 1. The Kier molecular flexibility index (Phi) is 7.37. The van der Waals surface area contributed by atoms with E-state index in [-0.39, 0.29) is 29.6 Å². The molecule has 2 rings (SSSR count). The summed E-state index contributed by atoms with van der Waals surface area (Å²) in [5, 5.41) is 8.34. The van der Waals surface area contributed by atoms with Gasteiger partial charge in [-0.05, 0) is 42.3 Å². The highest BCUT2D eigenvalue weighted by Crippen LogP contribution is 2.21. The van der Waals surface area contributed by atoms with E-state index in [4.69, 9.17) is 4.74 Å². The SMILES string of the molecule is COc1ccc([C@@H](C)NC(=O)NCc2ccc(NC(=O)C(C)C)cc2)cc1F. The molecule has 0 unspecified atom stereocenters. The van der Waals surface area contributed by atoms with Crippen molar-refractivity contribution in [2.75, 3.05) is 12.4 Å². The Morgan fingerprint density at radius 3 is 2.32 bits per heavy atom. The predicted octanol–water partition coefficient (Wildman–Crippen LogP) is 3.99. The third-order valence-electron chi connectivity index (χ3n) is 4.22. The molecule has 0 aliphatic rings. The van der Waals surface area contributed by atoms with Gasteiger partial charge in [0.2, 0.25) is 5.91 Å². The van der Waals surface area contributed by atoms with Gasteiger partial charge in [-0.3, -0.25) is 4.79 Å². The van der Waals surface area contributed by atoms with Gasteiger partial charge in [0.15, 0.2) is 11.6 Å². The van der Waals surface area contributed by atoms with E-state index in [0.29, 0.717) is 17.8 Å². The summed E-state index contributed by atoms with van der Waals surface area (Å²) < 4.78 is 18.7. The molecule has 0 heterocycles. The Morgan fingerprint density at radius 1 is 1.07 bits per heavy atom. The number of hydrogen-bond acceptors (Lipinski definition) is 3. The molecule has 0 aromatic heterocycles. The summed E-state index contributed by atoms with van der Waals surface area (Å²) in [5.74, 6) is -0.451. The molecule has 3 amide bonds. The van der Waals surface area contributed by atoms with Gasteiger partial charge in [0.1, 0.15) is 0 Å². The first kappa shape index (κ1) is 21.2. The summed E-state index contributed by atoms with van der Waals surface area (Å²) in [6.45, 7) is 5.75. The number of carbonyl (C=O) groups excluding carboxylic acids is 2. The maximum absolute atomic E-state index is 13.8. The van der Waals surface area contributed by atoms with E-state index in [1.54, 1.807) is 25.1 Å². The maximum atomic E-state index is 13.8. The molecule has 0 radical (unpaired) electrons. The van der Waals surface area contributed by atoms with Crippen LogP contribution in [-0.2, 0) is 11.3 Å². The van der Waals surface area contributed by atoms with Crippen molar-refractivity contribution >= 4 is 17.6 Å². The van der Waals surface area contributed by atoms with Crippen molar-refractivity contribution in [2.24, 2.45) is 5.92 Å². The smallest absolute Gasteiger partial charge is 0.315 e. The lowest BCUT2D eigenvalue weighted by molar-refractivity contribution is -0.118. The lowest BCUT2D eigenvalue weighted by Crippen LogP contribution is -2.36. The minimum atomic E-state index is -0.473. The molecule has 6 nitrogen and oxygen atoms in total. The average molecular weight is 387 g/mol. The van der Waals surface area contributed by atoms with E-state index < -0.39 is 5.82 Å². The molecule has 3 N–H and O–H groups in total. The highest BCUT2D eigenvalue weighted by atomic mass is 19.1. The lowest BCUT2D eigenvalue weighted by atomic mass is 10.1. The highest BCUT2D eigenvalue weighted by Gasteiger charge is 2.12. The Hall–Kier alpha value is -3.09. The van der Waals surface area contributed by atoms with Crippen LogP contribution in [0.25, 0.3) is 0 Å². The summed E-state index contributed by atoms with van der Waals surface area (Å²) >= 11 is 0. The van der Waals surface area contributed by atoms with Crippen LogP contribution in [0.1, 0.15) is 37.9 Å². The summed E-state index contributed by atoms with van der Waals surface area (Å²) in [6.07, 6.45) is 0. The quantitative estimate of drug-likeness (QED) is 0.672. The van der Waals surface area contributed by atoms with Gasteiger partial charge in [-0.1, -0.05) is 32.0 Å². The molecule has 0 fully saturated rings. The zero-order valence-corrected chi connectivity index (χ0v) is 16.5. The van der Waals surface area contributed by atoms with Gasteiger partial charge in [0.25, 0.3) is 0 Å². The lowest BCUT2D eigenvalue weighted by Gasteiger charge is -2.16. The van der Waals surface area contributed by atoms with Crippen molar-refractivity contribution in [2.45, 2.75) is 33.4 Å². The Bertz CT molecular complexity index is 822. The number of hydrogen-bond donors (Lipinski definition) is 3. The average Bonchev–Trinajstić information content (AvgIpc) is 2.67. The van der Waals surface area contributed by atoms with Crippen LogP contribution >= 0.6 is 0 Å². The molecule has 0 spiro atoms. The van der Waals surface area contributed by atoms with E-state index in [1.807, 2.05) is 26.0 Å². The van der Waals surface area contributed by atoms with E-state index >= 15 is 0 Å². The van der Waals surface area contributed by atoms with Gasteiger partial charge >= 0.3 is 6.03 Å². The van der Waals surface area contributed by atoms with Crippen LogP contribution in [0.2, 0.25) is 0 Å².